The van der Waals surface area contributed by atoms with E-state index in [1.165, 1.54) is 19.2 Å². The zero-order valence-electron chi connectivity index (χ0n) is 19.7. The van der Waals surface area contributed by atoms with Crippen LogP contribution in [0.4, 0.5) is 10.3 Å². The number of rotatable bonds is 5. The summed E-state index contributed by atoms with van der Waals surface area (Å²) in [5, 5.41) is 9.13. The maximum Gasteiger partial charge on any atom is 0.263 e. The van der Waals surface area contributed by atoms with E-state index >= 15 is 0 Å². The predicted octanol–water partition coefficient (Wildman–Crippen LogP) is 3.06. The minimum atomic E-state index is -0.658. The Morgan fingerprint density at radius 2 is 1.88 bits per heavy atom. The van der Waals surface area contributed by atoms with Gasteiger partial charge >= 0.3 is 0 Å². The lowest BCUT2D eigenvalue weighted by atomic mass is 10.00. The molecule has 0 N–H and O–H groups in total. The SMILES string of the molecule is COc1ccc(-c2c(-c3ccc(C#N)c(F)c3)nc(N3CCC(N(C)C)CC3)n(C)c2=O)cn1. The Hall–Kier alpha value is -3.77. The number of piperidine rings is 1. The second kappa shape index (κ2) is 9.61. The molecule has 0 bridgehead atoms. The Morgan fingerprint density at radius 1 is 1.18 bits per heavy atom. The molecular weight excluding hydrogens is 435 g/mol. The molecule has 3 heterocycles. The van der Waals surface area contributed by atoms with Crippen molar-refractivity contribution >= 4 is 5.95 Å². The molecule has 0 saturated carbocycles. The molecule has 0 spiro atoms. The van der Waals surface area contributed by atoms with Crippen molar-refractivity contribution in [1.82, 2.24) is 19.4 Å². The third kappa shape index (κ3) is 4.37. The van der Waals surface area contributed by atoms with Crippen LogP contribution >= 0.6 is 0 Å². The van der Waals surface area contributed by atoms with Crippen molar-refractivity contribution in [3.8, 4) is 34.3 Å². The van der Waals surface area contributed by atoms with Crippen LogP contribution in [0.1, 0.15) is 18.4 Å². The zero-order chi connectivity index (χ0) is 24.4. The first-order chi connectivity index (χ1) is 16.3. The van der Waals surface area contributed by atoms with Gasteiger partial charge in [0.1, 0.15) is 11.9 Å². The lowest BCUT2D eigenvalue weighted by molar-refractivity contribution is 0.248. The van der Waals surface area contributed by atoms with E-state index in [9.17, 15) is 9.18 Å². The van der Waals surface area contributed by atoms with E-state index in [0.717, 1.165) is 25.9 Å². The smallest absolute Gasteiger partial charge is 0.263 e. The van der Waals surface area contributed by atoms with Crippen LogP contribution in [-0.4, -0.2) is 59.8 Å². The number of benzene rings is 1. The van der Waals surface area contributed by atoms with Crippen LogP contribution in [0.25, 0.3) is 22.4 Å². The van der Waals surface area contributed by atoms with E-state index in [4.69, 9.17) is 15.0 Å². The number of hydrogen-bond donors (Lipinski definition) is 0. The molecule has 0 amide bonds. The standard InChI is InChI=1S/C25H27FN6O2/c1-30(2)19-9-11-32(12-10-19)25-29-23(16-5-6-17(14-27)20(26)13-16)22(24(33)31(25)3)18-7-8-21(34-4)28-15-18/h5-8,13,15,19H,9-12H2,1-4H3. The van der Waals surface area contributed by atoms with Crippen molar-refractivity contribution in [2.45, 2.75) is 18.9 Å². The van der Waals surface area contributed by atoms with Crippen molar-refractivity contribution in [1.29, 1.82) is 5.26 Å². The fourth-order valence-electron chi connectivity index (χ4n) is 4.33. The quantitative estimate of drug-likeness (QED) is 0.576. The van der Waals surface area contributed by atoms with Crippen LogP contribution in [0, 0.1) is 17.1 Å². The molecule has 176 valence electrons. The van der Waals surface area contributed by atoms with E-state index in [1.807, 2.05) is 6.07 Å². The van der Waals surface area contributed by atoms with Gasteiger partial charge < -0.3 is 14.5 Å². The summed E-state index contributed by atoms with van der Waals surface area (Å²) in [6.45, 7) is 1.52. The Labute approximate surface area is 197 Å². The van der Waals surface area contributed by atoms with Crippen LogP contribution in [-0.2, 0) is 7.05 Å². The highest BCUT2D eigenvalue weighted by molar-refractivity contribution is 5.81. The monoisotopic (exact) mass is 462 g/mol. The van der Waals surface area contributed by atoms with Crippen molar-refractivity contribution in [2.75, 3.05) is 39.2 Å². The number of hydrogen-bond acceptors (Lipinski definition) is 7. The number of aromatic nitrogens is 3. The number of pyridine rings is 1. The first-order valence-electron chi connectivity index (χ1n) is 11.1. The first-order valence-corrected chi connectivity index (χ1v) is 11.1. The molecule has 9 heteroatoms. The molecule has 1 fully saturated rings. The summed E-state index contributed by atoms with van der Waals surface area (Å²) in [7, 11) is 7.36. The molecule has 4 rings (SSSR count). The molecular formula is C25H27FN6O2. The predicted molar refractivity (Wildman–Crippen MR) is 128 cm³/mol. The van der Waals surface area contributed by atoms with Gasteiger partial charge in [0.15, 0.2) is 0 Å². The summed E-state index contributed by atoms with van der Waals surface area (Å²) in [5.74, 6) is 0.293. The number of halogens is 1. The van der Waals surface area contributed by atoms with Gasteiger partial charge in [0.2, 0.25) is 11.8 Å². The second-order valence-electron chi connectivity index (χ2n) is 8.58. The molecule has 8 nitrogen and oxygen atoms in total. The summed E-state index contributed by atoms with van der Waals surface area (Å²) in [5.41, 5.74) is 1.31. The van der Waals surface area contributed by atoms with Crippen molar-refractivity contribution in [2.24, 2.45) is 7.05 Å². The van der Waals surface area contributed by atoms with Crippen molar-refractivity contribution in [3.63, 3.8) is 0 Å². The number of anilines is 1. The average molecular weight is 463 g/mol. The van der Waals surface area contributed by atoms with Gasteiger partial charge in [-0.1, -0.05) is 6.07 Å². The zero-order valence-corrected chi connectivity index (χ0v) is 19.7. The van der Waals surface area contributed by atoms with Gasteiger partial charge in [-0.2, -0.15) is 5.26 Å². The first kappa shape index (κ1) is 23.4. The molecule has 1 aliphatic heterocycles. The molecule has 1 aliphatic rings. The summed E-state index contributed by atoms with van der Waals surface area (Å²) in [6, 6.07) is 9.98. The fourth-order valence-corrected chi connectivity index (χ4v) is 4.33. The van der Waals surface area contributed by atoms with E-state index < -0.39 is 5.82 Å². The van der Waals surface area contributed by atoms with Gasteiger partial charge in [-0.05, 0) is 45.1 Å². The highest BCUT2D eigenvalue weighted by Gasteiger charge is 2.26. The second-order valence-corrected chi connectivity index (χ2v) is 8.58. The number of methoxy groups -OCH3 is 1. The fraction of sp³-hybridized carbons (Fsp3) is 0.360. The van der Waals surface area contributed by atoms with Crippen LogP contribution in [0.3, 0.4) is 0 Å². The van der Waals surface area contributed by atoms with Gasteiger partial charge in [-0.15, -0.1) is 0 Å². The molecule has 0 atom stereocenters. The minimum absolute atomic E-state index is 0.0637. The highest BCUT2D eigenvalue weighted by Crippen LogP contribution is 2.31. The van der Waals surface area contributed by atoms with Crippen LogP contribution in [0.2, 0.25) is 0 Å². The van der Waals surface area contributed by atoms with Gasteiger partial charge in [0, 0.05) is 49.6 Å². The lowest BCUT2D eigenvalue weighted by Gasteiger charge is -2.36. The van der Waals surface area contributed by atoms with Gasteiger partial charge in [-0.25, -0.2) is 14.4 Å². The molecule has 0 radical (unpaired) electrons. The van der Waals surface area contributed by atoms with Crippen LogP contribution in [0.5, 0.6) is 5.88 Å². The summed E-state index contributed by atoms with van der Waals surface area (Å²) in [4.78, 5) is 27.1. The lowest BCUT2D eigenvalue weighted by Crippen LogP contribution is -2.44. The molecule has 1 aromatic carbocycles. The van der Waals surface area contributed by atoms with Gasteiger partial charge in [0.25, 0.3) is 5.56 Å². The third-order valence-corrected chi connectivity index (χ3v) is 6.34. The van der Waals surface area contributed by atoms with Crippen LogP contribution in [0.15, 0.2) is 41.3 Å². The molecule has 3 aromatic rings. The van der Waals surface area contributed by atoms with E-state index in [0.29, 0.717) is 40.3 Å². The molecule has 2 aromatic heterocycles. The normalized spacial score (nSPS) is 14.3. The number of ether oxygens (including phenoxy) is 1. The van der Waals surface area contributed by atoms with Gasteiger partial charge in [-0.3, -0.25) is 9.36 Å². The molecule has 1 saturated heterocycles. The summed E-state index contributed by atoms with van der Waals surface area (Å²) >= 11 is 0. The Balaban J connectivity index is 1.88. The Kier molecular flexibility index (Phi) is 6.61. The maximum atomic E-state index is 14.5. The molecule has 0 aliphatic carbocycles. The third-order valence-electron chi connectivity index (χ3n) is 6.34. The topological polar surface area (TPSA) is 87.3 Å². The van der Waals surface area contributed by atoms with Crippen LogP contribution < -0.4 is 15.2 Å². The highest BCUT2D eigenvalue weighted by atomic mass is 19.1. The van der Waals surface area contributed by atoms with E-state index in [-0.39, 0.29) is 11.1 Å². The minimum Gasteiger partial charge on any atom is -0.481 e. The van der Waals surface area contributed by atoms with Crippen molar-refractivity contribution < 1.29 is 9.13 Å². The molecule has 34 heavy (non-hydrogen) atoms. The average Bonchev–Trinajstić information content (AvgIpc) is 2.85. The maximum absolute atomic E-state index is 14.5. The van der Waals surface area contributed by atoms with Crippen molar-refractivity contribution in [3.05, 3.63) is 58.3 Å². The number of nitriles is 1. The van der Waals surface area contributed by atoms with E-state index in [2.05, 4.69) is 28.9 Å². The summed E-state index contributed by atoms with van der Waals surface area (Å²) < 4.78 is 21.2. The molecule has 0 unspecified atom stereocenters. The summed E-state index contributed by atoms with van der Waals surface area (Å²) in [6.07, 6.45) is 3.45. The van der Waals surface area contributed by atoms with Gasteiger partial charge in [0.05, 0.1) is 23.9 Å². The number of nitrogens with zero attached hydrogens (tertiary/aromatic N) is 6. The largest absolute Gasteiger partial charge is 0.481 e. The van der Waals surface area contributed by atoms with E-state index in [1.54, 1.807) is 36.0 Å². The Morgan fingerprint density at radius 3 is 2.44 bits per heavy atom. The Bertz CT molecular complexity index is 1290.